The van der Waals surface area contributed by atoms with Crippen LogP contribution in [0.4, 0.5) is 5.69 Å². The lowest BCUT2D eigenvalue weighted by molar-refractivity contribution is 0.490. The molecular formula is C16H14N2O. The Morgan fingerprint density at radius 2 is 1.89 bits per heavy atom. The van der Waals surface area contributed by atoms with Gasteiger partial charge in [0.05, 0.1) is 11.2 Å². The van der Waals surface area contributed by atoms with E-state index in [-0.39, 0.29) is 0 Å². The normalized spacial score (nSPS) is 10.6. The number of fused-ring (bicyclic) bond motifs is 1. The molecular weight excluding hydrogens is 236 g/mol. The Bertz CT molecular complexity index is 732. The minimum Gasteiger partial charge on any atom is -0.454 e. The van der Waals surface area contributed by atoms with Crippen LogP contribution < -0.4 is 10.5 Å². The number of aryl methyl sites for hydroxylation is 1. The van der Waals surface area contributed by atoms with Crippen molar-refractivity contribution in [2.45, 2.75) is 6.92 Å². The van der Waals surface area contributed by atoms with Crippen LogP contribution in [-0.4, -0.2) is 4.98 Å². The van der Waals surface area contributed by atoms with Crippen molar-refractivity contribution in [3.63, 3.8) is 0 Å². The number of hydrogen-bond acceptors (Lipinski definition) is 3. The number of aromatic nitrogens is 1. The van der Waals surface area contributed by atoms with Gasteiger partial charge in [-0.3, -0.25) is 4.98 Å². The van der Waals surface area contributed by atoms with Crippen molar-refractivity contribution in [1.29, 1.82) is 0 Å². The summed E-state index contributed by atoms with van der Waals surface area (Å²) in [4.78, 5) is 4.31. The number of hydrogen-bond donors (Lipinski definition) is 1. The zero-order chi connectivity index (χ0) is 13.2. The van der Waals surface area contributed by atoms with Gasteiger partial charge in [0, 0.05) is 11.6 Å². The summed E-state index contributed by atoms with van der Waals surface area (Å²) in [6, 6.07) is 15.5. The Labute approximate surface area is 111 Å². The van der Waals surface area contributed by atoms with Crippen LogP contribution in [0.15, 0.2) is 54.7 Å². The molecule has 0 aliphatic carbocycles. The van der Waals surface area contributed by atoms with Gasteiger partial charge < -0.3 is 10.5 Å². The minimum absolute atomic E-state index is 0.631. The lowest BCUT2D eigenvalue weighted by atomic mass is 10.2. The van der Waals surface area contributed by atoms with Crippen molar-refractivity contribution in [3.05, 3.63) is 60.3 Å². The van der Waals surface area contributed by atoms with Crippen molar-refractivity contribution in [2.75, 3.05) is 5.73 Å². The van der Waals surface area contributed by atoms with E-state index in [4.69, 9.17) is 10.5 Å². The van der Waals surface area contributed by atoms with Gasteiger partial charge in [0.25, 0.3) is 0 Å². The van der Waals surface area contributed by atoms with E-state index in [0.717, 1.165) is 22.2 Å². The highest BCUT2D eigenvalue weighted by atomic mass is 16.5. The Kier molecular flexibility index (Phi) is 2.80. The molecule has 1 heterocycles. The van der Waals surface area contributed by atoms with Gasteiger partial charge in [0.15, 0.2) is 5.75 Å². The van der Waals surface area contributed by atoms with Gasteiger partial charge in [-0.25, -0.2) is 0 Å². The molecule has 0 saturated heterocycles. The third-order valence-electron chi connectivity index (χ3n) is 2.99. The van der Waals surface area contributed by atoms with Crippen LogP contribution in [0.1, 0.15) is 5.56 Å². The van der Waals surface area contributed by atoms with Crippen molar-refractivity contribution in [2.24, 2.45) is 0 Å². The summed E-state index contributed by atoms with van der Waals surface area (Å²) in [6.45, 7) is 2.01. The van der Waals surface area contributed by atoms with E-state index in [1.807, 2.05) is 55.5 Å². The Balaban J connectivity index is 2.08. The maximum absolute atomic E-state index is 5.94. The summed E-state index contributed by atoms with van der Waals surface area (Å²) >= 11 is 0. The minimum atomic E-state index is 0.631. The number of pyridine rings is 1. The van der Waals surface area contributed by atoms with E-state index >= 15 is 0 Å². The lowest BCUT2D eigenvalue weighted by Gasteiger charge is -2.11. The fraction of sp³-hybridized carbons (Fsp3) is 0.0625. The van der Waals surface area contributed by atoms with Crippen LogP contribution in [0.2, 0.25) is 0 Å². The highest BCUT2D eigenvalue weighted by Crippen LogP contribution is 2.32. The highest BCUT2D eigenvalue weighted by Gasteiger charge is 2.06. The number of nitrogens with two attached hydrogens (primary N) is 1. The van der Waals surface area contributed by atoms with Gasteiger partial charge in [-0.1, -0.05) is 12.1 Å². The zero-order valence-electron chi connectivity index (χ0n) is 10.6. The molecule has 0 saturated carbocycles. The maximum Gasteiger partial charge on any atom is 0.150 e. The van der Waals surface area contributed by atoms with E-state index in [9.17, 15) is 0 Å². The second kappa shape index (κ2) is 4.61. The van der Waals surface area contributed by atoms with Gasteiger partial charge in [-0.05, 0) is 48.9 Å². The summed E-state index contributed by atoms with van der Waals surface area (Å²) < 4.78 is 5.94. The molecule has 0 fully saturated rings. The molecule has 2 N–H and O–H groups in total. The number of benzene rings is 2. The van der Waals surface area contributed by atoms with Crippen LogP contribution in [0.3, 0.4) is 0 Å². The average Bonchev–Trinajstić information content (AvgIpc) is 2.43. The average molecular weight is 250 g/mol. The monoisotopic (exact) mass is 250 g/mol. The topological polar surface area (TPSA) is 48.1 Å². The molecule has 0 aliphatic rings. The first-order valence-electron chi connectivity index (χ1n) is 6.12. The lowest BCUT2D eigenvalue weighted by Crippen LogP contribution is -1.93. The first-order chi connectivity index (χ1) is 9.24. The predicted octanol–water partition coefficient (Wildman–Crippen LogP) is 3.92. The van der Waals surface area contributed by atoms with Crippen LogP contribution in [0, 0.1) is 6.92 Å². The van der Waals surface area contributed by atoms with Crippen molar-refractivity contribution < 1.29 is 4.74 Å². The quantitative estimate of drug-likeness (QED) is 0.701. The van der Waals surface area contributed by atoms with Crippen molar-refractivity contribution in [3.8, 4) is 11.5 Å². The number of ether oxygens (including phenoxy) is 1. The molecule has 0 amide bonds. The molecule has 3 heteroatoms. The Hall–Kier alpha value is -2.55. The molecule has 3 rings (SSSR count). The third-order valence-corrected chi connectivity index (χ3v) is 2.99. The maximum atomic E-state index is 5.94. The van der Waals surface area contributed by atoms with Crippen molar-refractivity contribution in [1.82, 2.24) is 4.98 Å². The van der Waals surface area contributed by atoms with Crippen LogP contribution in [0.5, 0.6) is 11.5 Å². The third kappa shape index (κ3) is 2.22. The fourth-order valence-corrected chi connectivity index (χ4v) is 2.01. The molecule has 19 heavy (non-hydrogen) atoms. The molecule has 0 unspecified atom stereocenters. The Morgan fingerprint density at radius 1 is 1.00 bits per heavy atom. The standard InChI is InChI=1S/C16H14N2O/c1-11-7-8-13(17)16(10-11)19-15-6-2-5-14-12(15)4-3-9-18-14/h2-10H,17H2,1H3. The SMILES string of the molecule is Cc1ccc(N)c(Oc2cccc3ncccc23)c1. The second-order valence-electron chi connectivity index (χ2n) is 4.47. The first kappa shape index (κ1) is 11.5. The molecule has 0 spiro atoms. The van der Waals surface area contributed by atoms with Crippen molar-refractivity contribution >= 4 is 16.6 Å². The van der Waals surface area contributed by atoms with Crippen LogP contribution >= 0.6 is 0 Å². The van der Waals surface area contributed by atoms with Crippen LogP contribution in [0.25, 0.3) is 10.9 Å². The first-order valence-corrected chi connectivity index (χ1v) is 6.12. The highest BCUT2D eigenvalue weighted by molar-refractivity contribution is 5.85. The Morgan fingerprint density at radius 3 is 2.79 bits per heavy atom. The molecule has 1 aromatic heterocycles. The van der Waals surface area contributed by atoms with Gasteiger partial charge in [-0.15, -0.1) is 0 Å². The molecule has 94 valence electrons. The molecule has 3 aromatic rings. The number of nitrogens with zero attached hydrogens (tertiary/aromatic N) is 1. The summed E-state index contributed by atoms with van der Waals surface area (Å²) in [5.41, 5.74) is 8.59. The molecule has 2 aromatic carbocycles. The van der Waals surface area contributed by atoms with E-state index in [0.29, 0.717) is 11.4 Å². The van der Waals surface area contributed by atoms with Gasteiger partial charge in [0.1, 0.15) is 5.75 Å². The number of rotatable bonds is 2. The van der Waals surface area contributed by atoms with Gasteiger partial charge in [0.2, 0.25) is 0 Å². The van der Waals surface area contributed by atoms with E-state index in [1.54, 1.807) is 6.20 Å². The predicted molar refractivity (Wildman–Crippen MR) is 77.4 cm³/mol. The summed E-state index contributed by atoms with van der Waals surface area (Å²) in [5.74, 6) is 1.44. The van der Waals surface area contributed by atoms with E-state index in [1.165, 1.54) is 0 Å². The molecule has 0 radical (unpaired) electrons. The smallest absolute Gasteiger partial charge is 0.150 e. The van der Waals surface area contributed by atoms with Crippen LogP contribution in [-0.2, 0) is 0 Å². The summed E-state index contributed by atoms with van der Waals surface area (Å²) in [6.07, 6.45) is 1.77. The van der Waals surface area contributed by atoms with Gasteiger partial charge >= 0.3 is 0 Å². The molecule has 3 nitrogen and oxygen atoms in total. The summed E-state index contributed by atoms with van der Waals surface area (Å²) in [5, 5.41) is 0.978. The molecule has 0 aliphatic heterocycles. The van der Waals surface area contributed by atoms with E-state index < -0.39 is 0 Å². The molecule has 0 bridgehead atoms. The zero-order valence-corrected chi connectivity index (χ0v) is 10.6. The van der Waals surface area contributed by atoms with Gasteiger partial charge in [-0.2, -0.15) is 0 Å². The second-order valence-corrected chi connectivity index (χ2v) is 4.47. The molecule has 0 atom stereocenters. The number of anilines is 1. The fourth-order valence-electron chi connectivity index (χ4n) is 2.01. The van der Waals surface area contributed by atoms with E-state index in [2.05, 4.69) is 4.98 Å². The largest absolute Gasteiger partial charge is 0.454 e. The summed E-state index contributed by atoms with van der Waals surface area (Å²) in [7, 11) is 0. The number of nitrogen functional groups attached to an aromatic ring is 1.